The number of ketones is 1. The maximum Gasteiger partial charge on any atom is 0.216 e. The molecule has 2 aliphatic rings. The van der Waals surface area contributed by atoms with E-state index in [1.165, 1.54) is 22.5 Å². The van der Waals surface area contributed by atoms with Gasteiger partial charge >= 0.3 is 0 Å². The topological polar surface area (TPSA) is 123 Å². The van der Waals surface area contributed by atoms with Crippen molar-refractivity contribution in [3.8, 4) is 17.2 Å². The molecule has 2 aromatic heterocycles. The minimum Gasteiger partial charge on any atom is -0.454 e. The molecule has 0 unspecified atom stereocenters. The normalized spacial score (nSPS) is 16.3. The summed E-state index contributed by atoms with van der Waals surface area (Å²) in [6.45, 7) is 5.01. The number of piperidine rings is 1. The minimum absolute atomic E-state index is 0.126. The number of carbonyl (C=O) groups excluding carboxylic acids is 1. The number of benzene rings is 3. The number of para-hydroxylation sites is 1. The Morgan fingerprint density at radius 1 is 1.00 bits per heavy atom. The summed E-state index contributed by atoms with van der Waals surface area (Å²) in [5.41, 5.74) is 11.7. The lowest BCUT2D eigenvalue weighted by molar-refractivity contribution is 0.103. The highest BCUT2D eigenvalue weighted by Gasteiger charge is 2.41. The highest BCUT2D eigenvalue weighted by atomic mass is 32.2. The number of nitrogens with zero attached hydrogens (tertiary/aromatic N) is 3. The summed E-state index contributed by atoms with van der Waals surface area (Å²) in [5.74, 6) is 0.318. The number of aryl methyl sites for hydroxylation is 2. The zero-order valence-corrected chi connectivity index (χ0v) is 25.9. The van der Waals surface area contributed by atoms with Crippen LogP contribution in [0.25, 0.3) is 16.6 Å². The van der Waals surface area contributed by atoms with Crippen LogP contribution in [0.15, 0.2) is 66.9 Å². The molecule has 1 aliphatic carbocycles. The van der Waals surface area contributed by atoms with Gasteiger partial charge < -0.3 is 15.5 Å². The van der Waals surface area contributed by atoms with Crippen LogP contribution in [0.2, 0.25) is 0 Å². The van der Waals surface area contributed by atoms with Crippen LogP contribution >= 0.6 is 0 Å². The number of sulfonamides is 1. The van der Waals surface area contributed by atoms with Crippen LogP contribution in [0, 0.1) is 19.7 Å². The summed E-state index contributed by atoms with van der Waals surface area (Å²) in [6, 6.07) is 17.4. The molecular formula is C34H34FN5O4S. The van der Waals surface area contributed by atoms with Crippen LogP contribution in [-0.2, 0) is 10.0 Å². The lowest BCUT2D eigenvalue weighted by Gasteiger charge is -2.32. The van der Waals surface area contributed by atoms with Gasteiger partial charge in [0.25, 0.3) is 0 Å². The van der Waals surface area contributed by atoms with Crippen LogP contribution in [0.5, 0.6) is 11.5 Å². The molecule has 0 radical (unpaired) electrons. The highest BCUT2D eigenvalue weighted by Crippen LogP contribution is 2.37. The molecule has 5 aromatic rings. The minimum atomic E-state index is -3.15. The van der Waals surface area contributed by atoms with E-state index in [2.05, 4.69) is 29.1 Å². The first-order chi connectivity index (χ1) is 21.6. The summed E-state index contributed by atoms with van der Waals surface area (Å²) in [5, 5.41) is 5.15. The number of aromatic amines is 1. The van der Waals surface area contributed by atoms with E-state index in [1.54, 1.807) is 40.7 Å². The Morgan fingerprint density at radius 3 is 2.47 bits per heavy atom. The van der Waals surface area contributed by atoms with E-state index >= 15 is 0 Å². The van der Waals surface area contributed by atoms with Gasteiger partial charge in [-0.25, -0.2) is 21.8 Å². The molecule has 0 atom stereocenters. The number of nitrogen functional groups attached to an aromatic ring is 1. The van der Waals surface area contributed by atoms with E-state index in [0.717, 1.165) is 47.7 Å². The smallest absolute Gasteiger partial charge is 0.216 e. The Morgan fingerprint density at radius 2 is 1.76 bits per heavy atom. The zero-order chi connectivity index (χ0) is 31.5. The monoisotopic (exact) mass is 627 g/mol. The average molecular weight is 628 g/mol. The van der Waals surface area contributed by atoms with Crippen LogP contribution in [0.1, 0.15) is 64.3 Å². The molecule has 3 aromatic carbocycles. The fourth-order valence-electron chi connectivity index (χ4n) is 6.32. The fraction of sp³-hybridized carbons (Fsp3) is 0.294. The number of nitrogens with two attached hydrogens (primary N) is 1. The van der Waals surface area contributed by atoms with E-state index in [-0.39, 0.29) is 34.1 Å². The van der Waals surface area contributed by atoms with E-state index in [4.69, 9.17) is 10.5 Å². The van der Waals surface area contributed by atoms with Crippen LogP contribution in [-0.4, -0.2) is 51.6 Å². The van der Waals surface area contributed by atoms with Crippen molar-refractivity contribution < 1.29 is 22.3 Å². The Labute approximate surface area is 260 Å². The Balaban J connectivity index is 1.10. The second-order valence-corrected chi connectivity index (χ2v) is 14.3. The molecule has 1 saturated carbocycles. The Kier molecular flexibility index (Phi) is 7.25. The molecule has 7 rings (SSSR count). The fourth-order valence-corrected chi connectivity index (χ4v) is 8.20. The first-order valence-corrected chi connectivity index (χ1v) is 16.6. The van der Waals surface area contributed by atoms with Crippen molar-refractivity contribution in [1.82, 2.24) is 19.1 Å². The molecule has 2 fully saturated rings. The van der Waals surface area contributed by atoms with Gasteiger partial charge in [-0.15, -0.1) is 0 Å². The summed E-state index contributed by atoms with van der Waals surface area (Å²) in [7, 11) is -3.15. The number of rotatable bonds is 8. The lowest BCUT2D eigenvalue weighted by Crippen LogP contribution is -2.39. The number of halogens is 1. The molecule has 3 N–H and O–H groups in total. The van der Waals surface area contributed by atoms with Gasteiger partial charge in [0.15, 0.2) is 11.6 Å². The number of H-pyrrole nitrogens is 1. The third-order valence-electron chi connectivity index (χ3n) is 8.96. The largest absolute Gasteiger partial charge is 0.454 e. The van der Waals surface area contributed by atoms with Crippen molar-refractivity contribution in [2.24, 2.45) is 0 Å². The predicted molar refractivity (Wildman–Crippen MR) is 171 cm³/mol. The van der Waals surface area contributed by atoms with Gasteiger partial charge in [-0.2, -0.15) is 5.10 Å². The van der Waals surface area contributed by atoms with Gasteiger partial charge in [0, 0.05) is 24.0 Å². The molecule has 0 spiro atoms. The first-order valence-electron chi connectivity index (χ1n) is 15.1. The van der Waals surface area contributed by atoms with E-state index in [0.29, 0.717) is 30.2 Å². The number of hydrogen-bond donors (Lipinski definition) is 2. The molecule has 0 bridgehead atoms. The Bertz CT molecular complexity index is 2060. The molecule has 1 aliphatic heterocycles. The van der Waals surface area contributed by atoms with Gasteiger partial charge in [0.1, 0.15) is 11.6 Å². The van der Waals surface area contributed by atoms with E-state index < -0.39 is 15.8 Å². The molecule has 232 valence electrons. The molecular weight excluding hydrogens is 593 g/mol. The quantitative estimate of drug-likeness (QED) is 0.192. The third kappa shape index (κ3) is 5.40. The highest BCUT2D eigenvalue weighted by molar-refractivity contribution is 7.90. The SMILES string of the molecule is Cc1cc2cc(C(=O)c3cnn(-c4ccc(Oc5ccccc5F)cc4C)c3N)[nH]c2cc1C1CCN(S(=O)(=O)C2CC2)CC1. The first kappa shape index (κ1) is 29.2. The van der Waals surface area contributed by atoms with Crippen molar-refractivity contribution in [1.29, 1.82) is 0 Å². The number of nitrogens with one attached hydrogen (secondary N) is 1. The van der Waals surface area contributed by atoms with Gasteiger partial charge in [-0.1, -0.05) is 12.1 Å². The number of carbonyl (C=O) groups is 1. The van der Waals surface area contributed by atoms with Crippen molar-refractivity contribution >= 4 is 32.5 Å². The molecule has 1 saturated heterocycles. The predicted octanol–water partition coefficient (Wildman–Crippen LogP) is 6.39. The molecule has 11 heteroatoms. The molecule has 9 nitrogen and oxygen atoms in total. The maximum absolute atomic E-state index is 14.0. The van der Waals surface area contributed by atoms with Gasteiger partial charge in [0.2, 0.25) is 15.8 Å². The molecule has 45 heavy (non-hydrogen) atoms. The number of anilines is 1. The van der Waals surface area contributed by atoms with Crippen LogP contribution < -0.4 is 10.5 Å². The molecule has 0 amide bonds. The van der Waals surface area contributed by atoms with Crippen LogP contribution in [0.3, 0.4) is 0 Å². The second-order valence-electron chi connectivity index (χ2n) is 12.1. The third-order valence-corrected chi connectivity index (χ3v) is 11.4. The lowest BCUT2D eigenvalue weighted by atomic mass is 9.87. The second kappa shape index (κ2) is 11.1. The summed E-state index contributed by atoms with van der Waals surface area (Å²) >= 11 is 0. The summed E-state index contributed by atoms with van der Waals surface area (Å²) < 4.78 is 48.3. The van der Waals surface area contributed by atoms with Crippen molar-refractivity contribution in [2.45, 2.75) is 50.7 Å². The van der Waals surface area contributed by atoms with Crippen molar-refractivity contribution in [3.63, 3.8) is 0 Å². The summed E-state index contributed by atoms with van der Waals surface area (Å²) in [4.78, 5) is 16.9. The zero-order valence-electron chi connectivity index (χ0n) is 25.1. The average Bonchev–Trinajstić information content (AvgIpc) is 3.72. The molecule has 3 heterocycles. The van der Waals surface area contributed by atoms with Crippen LogP contribution in [0.4, 0.5) is 10.2 Å². The number of fused-ring (bicyclic) bond motifs is 1. The van der Waals surface area contributed by atoms with Gasteiger partial charge in [-0.3, -0.25) is 4.79 Å². The number of aromatic nitrogens is 3. The van der Waals surface area contributed by atoms with Crippen molar-refractivity contribution in [3.05, 3.63) is 101 Å². The van der Waals surface area contributed by atoms with E-state index in [1.807, 2.05) is 13.0 Å². The number of ether oxygens (including phenoxy) is 1. The standard InChI is InChI=1S/C34H34FN5O4S/c1-20-15-23-17-30(38-29(23)18-26(20)22-11-13-39(14-12-22)45(42,43)25-8-9-25)33(41)27-19-37-40(34(27)36)31-10-7-24(16-21(31)2)44-32-6-4-3-5-28(32)35/h3-7,10,15-19,22,25,38H,8-9,11-14,36H2,1-2H3. The van der Waals surface area contributed by atoms with Gasteiger partial charge in [0.05, 0.1) is 28.4 Å². The number of hydrogen-bond acceptors (Lipinski definition) is 6. The van der Waals surface area contributed by atoms with Gasteiger partial charge in [-0.05, 0) is 111 Å². The van der Waals surface area contributed by atoms with Crippen molar-refractivity contribution in [2.75, 3.05) is 18.8 Å². The maximum atomic E-state index is 14.0. The van der Waals surface area contributed by atoms with E-state index in [9.17, 15) is 17.6 Å². The Hall–Kier alpha value is -4.48. The summed E-state index contributed by atoms with van der Waals surface area (Å²) in [6.07, 6.45) is 4.57.